The number of nitrogens with one attached hydrogen (secondary N) is 1. The third kappa shape index (κ3) is 5.38. The Balaban J connectivity index is 1.62. The van der Waals surface area contributed by atoms with Crippen molar-refractivity contribution in [2.45, 2.75) is 38.3 Å². The number of hydrogen-bond donors (Lipinski definition) is 2. The molecule has 2 N–H and O–H groups in total. The molecule has 1 aliphatic rings. The van der Waals surface area contributed by atoms with Crippen LogP contribution in [0.3, 0.4) is 0 Å². The number of carboxylic acids is 1. The number of hydrogen-bond acceptors (Lipinski definition) is 5. The number of carbonyl (C=O) groups is 3. The maximum Gasteiger partial charge on any atom is 0.410 e. The van der Waals surface area contributed by atoms with E-state index in [9.17, 15) is 19.5 Å². The molecule has 0 saturated heterocycles. The zero-order valence-electron chi connectivity index (χ0n) is 18.6. The molecule has 2 aromatic carbocycles. The Morgan fingerprint density at radius 1 is 1.03 bits per heavy atom. The lowest BCUT2D eigenvalue weighted by atomic mass is 9.98. The van der Waals surface area contributed by atoms with E-state index in [0.717, 1.165) is 27.2 Å². The fourth-order valence-corrected chi connectivity index (χ4v) is 3.66. The van der Waals surface area contributed by atoms with Crippen molar-refractivity contribution < 1.29 is 29.0 Å². The summed E-state index contributed by atoms with van der Waals surface area (Å²) in [5, 5.41) is 11.8. The highest BCUT2D eigenvalue weighted by atomic mass is 16.6. The second-order valence-corrected chi connectivity index (χ2v) is 8.72. The van der Waals surface area contributed by atoms with Gasteiger partial charge in [-0.3, -0.25) is 0 Å². The van der Waals surface area contributed by atoms with Gasteiger partial charge in [0.2, 0.25) is 0 Å². The summed E-state index contributed by atoms with van der Waals surface area (Å²) in [6.45, 7) is 4.93. The van der Waals surface area contributed by atoms with Crippen LogP contribution in [0.4, 0.5) is 9.59 Å². The standard InChI is InChI=1S/C24H28N2O6/c1-24(2,3)32-23(30)26(4)13-20(21(27)28)25-22(29)31-14-19-17-11-7-5-9-15(17)16-10-6-8-12-18(16)19/h5-12,19-20H,13-14H2,1-4H3,(H,25,29)(H,27,28). The van der Waals surface area contributed by atoms with Crippen molar-refractivity contribution in [1.29, 1.82) is 0 Å². The summed E-state index contributed by atoms with van der Waals surface area (Å²) in [5.74, 6) is -1.42. The van der Waals surface area contributed by atoms with Gasteiger partial charge in [-0.25, -0.2) is 14.4 Å². The highest BCUT2D eigenvalue weighted by Gasteiger charge is 2.30. The first kappa shape index (κ1) is 23.1. The Morgan fingerprint density at radius 3 is 2.06 bits per heavy atom. The third-order valence-corrected chi connectivity index (χ3v) is 5.10. The lowest BCUT2D eigenvalue weighted by molar-refractivity contribution is -0.139. The van der Waals surface area contributed by atoms with Crippen LogP contribution in [0.2, 0.25) is 0 Å². The predicted molar refractivity (Wildman–Crippen MR) is 118 cm³/mol. The van der Waals surface area contributed by atoms with Crippen LogP contribution in [0, 0.1) is 0 Å². The van der Waals surface area contributed by atoms with Crippen LogP contribution in [0.5, 0.6) is 0 Å². The molecule has 0 bridgehead atoms. The quantitative estimate of drug-likeness (QED) is 0.707. The molecule has 1 unspecified atom stereocenters. The van der Waals surface area contributed by atoms with E-state index in [1.165, 1.54) is 7.05 Å². The molecule has 0 fully saturated rings. The van der Waals surface area contributed by atoms with Gasteiger partial charge in [-0.05, 0) is 43.0 Å². The molecular formula is C24H28N2O6. The highest BCUT2D eigenvalue weighted by Crippen LogP contribution is 2.44. The molecule has 0 radical (unpaired) electrons. The van der Waals surface area contributed by atoms with Crippen LogP contribution < -0.4 is 5.32 Å². The summed E-state index contributed by atoms with van der Waals surface area (Å²) >= 11 is 0. The van der Waals surface area contributed by atoms with Crippen molar-refractivity contribution >= 4 is 18.2 Å². The maximum atomic E-state index is 12.4. The van der Waals surface area contributed by atoms with Gasteiger partial charge >= 0.3 is 18.2 Å². The number of carbonyl (C=O) groups excluding carboxylic acids is 2. The second kappa shape index (κ2) is 9.30. The molecule has 170 valence electrons. The molecule has 3 rings (SSSR count). The second-order valence-electron chi connectivity index (χ2n) is 8.72. The summed E-state index contributed by atoms with van der Waals surface area (Å²) in [5.41, 5.74) is 3.59. The number of likely N-dealkylation sites (N-methyl/N-ethyl adjacent to an activating group) is 1. The molecule has 0 spiro atoms. The van der Waals surface area contributed by atoms with Crippen molar-refractivity contribution in [2.75, 3.05) is 20.2 Å². The molecule has 1 aliphatic carbocycles. The minimum absolute atomic E-state index is 0.0636. The highest BCUT2D eigenvalue weighted by molar-refractivity contribution is 5.81. The number of aliphatic carboxylic acids is 1. The van der Waals surface area contributed by atoms with Gasteiger partial charge in [0.05, 0.1) is 6.54 Å². The summed E-state index contributed by atoms with van der Waals surface area (Å²) in [7, 11) is 1.41. The van der Waals surface area contributed by atoms with Gasteiger partial charge in [0.25, 0.3) is 0 Å². The summed E-state index contributed by atoms with van der Waals surface area (Å²) in [4.78, 5) is 37.2. The Labute approximate surface area is 187 Å². The topological polar surface area (TPSA) is 105 Å². The maximum absolute atomic E-state index is 12.4. The van der Waals surface area contributed by atoms with Crippen molar-refractivity contribution in [2.24, 2.45) is 0 Å². The molecule has 32 heavy (non-hydrogen) atoms. The van der Waals surface area contributed by atoms with Crippen molar-refractivity contribution in [1.82, 2.24) is 10.2 Å². The van der Waals surface area contributed by atoms with Crippen LogP contribution >= 0.6 is 0 Å². The number of carboxylic acid groups (broad SMARTS) is 1. The first-order valence-corrected chi connectivity index (χ1v) is 10.3. The fraction of sp³-hybridized carbons (Fsp3) is 0.375. The van der Waals surface area contributed by atoms with Gasteiger partial charge in [-0.15, -0.1) is 0 Å². The molecule has 8 nitrogen and oxygen atoms in total. The van der Waals surface area contributed by atoms with E-state index < -0.39 is 29.8 Å². The smallest absolute Gasteiger partial charge is 0.410 e. The molecule has 1 atom stereocenters. The number of benzene rings is 2. The van der Waals surface area contributed by atoms with Gasteiger partial charge in [-0.1, -0.05) is 48.5 Å². The summed E-state index contributed by atoms with van der Waals surface area (Å²) in [6.07, 6.45) is -1.55. The number of alkyl carbamates (subject to hydrolysis) is 1. The summed E-state index contributed by atoms with van der Waals surface area (Å²) in [6, 6.07) is 14.5. The van der Waals surface area contributed by atoms with Crippen molar-refractivity contribution in [3.63, 3.8) is 0 Å². The Morgan fingerprint density at radius 2 is 1.56 bits per heavy atom. The van der Waals surface area contributed by atoms with E-state index in [2.05, 4.69) is 5.32 Å². The minimum atomic E-state index is -1.34. The molecule has 0 heterocycles. The van der Waals surface area contributed by atoms with Crippen molar-refractivity contribution in [3.8, 4) is 11.1 Å². The Kier molecular flexibility index (Phi) is 6.72. The average molecular weight is 440 g/mol. The van der Waals surface area contributed by atoms with Gasteiger partial charge in [-0.2, -0.15) is 0 Å². The van der Waals surface area contributed by atoms with E-state index in [1.54, 1.807) is 20.8 Å². The monoisotopic (exact) mass is 440 g/mol. The molecule has 2 amide bonds. The third-order valence-electron chi connectivity index (χ3n) is 5.10. The van der Waals surface area contributed by atoms with Crippen LogP contribution in [0.15, 0.2) is 48.5 Å². The first-order chi connectivity index (χ1) is 15.1. The number of fused-ring (bicyclic) bond motifs is 3. The Hall–Kier alpha value is -3.55. The van der Waals surface area contributed by atoms with Gasteiger partial charge < -0.3 is 24.8 Å². The van der Waals surface area contributed by atoms with Crippen molar-refractivity contribution in [3.05, 3.63) is 59.7 Å². The van der Waals surface area contributed by atoms with E-state index in [-0.39, 0.29) is 19.1 Å². The van der Waals surface area contributed by atoms with E-state index >= 15 is 0 Å². The molecule has 8 heteroatoms. The van der Waals surface area contributed by atoms with Crippen LogP contribution in [0.25, 0.3) is 11.1 Å². The van der Waals surface area contributed by atoms with Gasteiger partial charge in [0, 0.05) is 13.0 Å². The molecule has 0 saturated carbocycles. The Bertz CT molecular complexity index is 968. The SMILES string of the molecule is CN(CC(NC(=O)OCC1c2ccccc2-c2ccccc21)C(=O)O)C(=O)OC(C)(C)C. The molecule has 0 aromatic heterocycles. The lowest BCUT2D eigenvalue weighted by Gasteiger charge is -2.26. The zero-order valence-corrected chi connectivity index (χ0v) is 18.6. The fourth-order valence-electron chi connectivity index (χ4n) is 3.66. The van der Waals surface area contributed by atoms with Gasteiger partial charge in [0.15, 0.2) is 0 Å². The van der Waals surface area contributed by atoms with E-state index in [1.807, 2.05) is 48.5 Å². The largest absolute Gasteiger partial charge is 0.480 e. The average Bonchev–Trinajstić information content (AvgIpc) is 3.04. The van der Waals surface area contributed by atoms with Crippen LogP contribution in [-0.2, 0) is 14.3 Å². The predicted octanol–water partition coefficient (Wildman–Crippen LogP) is 3.85. The lowest BCUT2D eigenvalue weighted by Crippen LogP contribution is -2.49. The number of ether oxygens (including phenoxy) is 2. The molecule has 0 aliphatic heterocycles. The first-order valence-electron chi connectivity index (χ1n) is 10.3. The van der Waals surface area contributed by atoms with E-state index in [4.69, 9.17) is 9.47 Å². The normalized spacial score (nSPS) is 13.5. The van der Waals surface area contributed by atoms with E-state index in [0.29, 0.717) is 0 Å². The van der Waals surface area contributed by atoms with Crippen LogP contribution in [-0.4, -0.2) is 60.0 Å². The zero-order chi connectivity index (χ0) is 23.5. The molecule has 2 aromatic rings. The van der Waals surface area contributed by atoms with Gasteiger partial charge in [0.1, 0.15) is 18.2 Å². The molecular weight excluding hydrogens is 412 g/mol. The summed E-state index contributed by atoms with van der Waals surface area (Å²) < 4.78 is 10.6. The number of nitrogens with zero attached hydrogens (tertiary/aromatic N) is 1. The number of rotatable bonds is 6. The van der Waals surface area contributed by atoms with Crippen LogP contribution in [0.1, 0.15) is 37.8 Å². The number of amides is 2. The minimum Gasteiger partial charge on any atom is -0.480 e.